The molecule has 4 heteroatoms. The van der Waals surface area contributed by atoms with Crippen LogP contribution in [0.5, 0.6) is 0 Å². The first-order chi connectivity index (χ1) is 10.1. The van der Waals surface area contributed by atoms with Gasteiger partial charge in [0, 0.05) is 14.1 Å². The monoisotopic (exact) mass is 300 g/mol. The Labute approximate surface area is 128 Å². The lowest BCUT2D eigenvalue weighted by Gasteiger charge is -2.10. The van der Waals surface area contributed by atoms with E-state index in [9.17, 15) is 4.79 Å². The zero-order valence-corrected chi connectivity index (χ0v) is 12.8. The average Bonchev–Trinajstić information content (AvgIpc) is 2.73. The third kappa shape index (κ3) is 2.49. The molecule has 0 aliphatic heterocycles. The lowest BCUT2D eigenvalue weighted by Crippen LogP contribution is -2.19. The predicted octanol–water partition coefficient (Wildman–Crippen LogP) is 3.40. The van der Waals surface area contributed by atoms with Gasteiger partial charge in [-0.25, -0.2) is 4.79 Å². The zero-order chi connectivity index (χ0) is 15.0. The van der Waals surface area contributed by atoms with E-state index in [4.69, 9.17) is 11.6 Å². The first-order valence-corrected chi connectivity index (χ1v) is 7.35. The summed E-state index contributed by atoms with van der Waals surface area (Å²) in [5.74, 6) is 0. The summed E-state index contributed by atoms with van der Waals surface area (Å²) in [4.78, 5) is 12.0. The first kappa shape index (κ1) is 14.0. The summed E-state index contributed by atoms with van der Waals surface area (Å²) < 4.78 is 3.31. The lowest BCUT2D eigenvalue weighted by molar-refractivity contribution is 0.795. The number of halogens is 1. The fraction of sp³-hybridized carbons (Fsp3) is 0.235. The highest BCUT2D eigenvalue weighted by Crippen LogP contribution is 2.27. The zero-order valence-electron chi connectivity index (χ0n) is 12.1. The molecular formula is C17H17ClN2O. The molecule has 3 aromatic rings. The molecule has 1 heterocycles. The molecule has 3 rings (SSSR count). The van der Waals surface area contributed by atoms with Crippen LogP contribution in [0.1, 0.15) is 16.5 Å². The number of hydrogen-bond donors (Lipinski definition) is 0. The van der Waals surface area contributed by atoms with Crippen LogP contribution in [0, 0.1) is 0 Å². The number of benzene rings is 2. The van der Waals surface area contributed by atoms with Gasteiger partial charge in [0.05, 0.1) is 16.4 Å². The van der Waals surface area contributed by atoms with Gasteiger partial charge in [0.1, 0.15) is 0 Å². The average molecular weight is 301 g/mol. The van der Waals surface area contributed by atoms with Crippen LogP contribution >= 0.6 is 11.6 Å². The van der Waals surface area contributed by atoms with Gasteiger partial charge in [-0.2, -0.15) is 0 Å². The normalized spacial score (nSPS) is 12.7. The minimum atomic E-state index is -0.105. The highest BCUT2D eigenvalue weighted by molar-refractivity contribution is 6.21. The minimum Gasteiger partial charge on any atom is -0.295 e. The molecule has 0 aliphatic rings. The van der Waals surface area contributed by atoms with Gasteiger partial charge in [0.2, 0.25) is 0 Å². The molecule has 0 radical (unpaired) electrons. The molecule has 1 aromatic heterocycles. The van der Waals surface area contributed by atoms with Gasteiger partial charge >= 0.3 is 5.69 Å². The first-order valence-electron chi connectivity index (χ1n) is 6.91. The molecule has 21 heavy (non-hydrogen) atoms. The second-order valence-corrected chi connectivity index (χ2v) is 5.83. The quantitative estimate of drug-likeness (QED) is 0.681. The van der Waals surface area contributed by atoms with E-state index < -0.39 is 0 Å². The van der Waals surface area contributed by atoms with Gasteiger partial charge in [-0.1, -0.05) is 36.4 Å². The van der Waals surface area contributed by atoms with Gasteiger partial charge < -0.3 is 0 Å². The van der Waals surface area contributed by atoms with Gasteiger partial charge in [-0.3, -0.25) is 9.13 Å². The molecule has 108 valence electrons. The largest absolute Gasteiger partial charge is 0.328 e. The molecule has 2 aromatic carbocycles. The molecule has 0 saturated carbocycles. The van der Waals surface area contributed by atoms with Crippen LogP contribution in [-0.2, 0) is 20.5 Å². The van der Waals surface area contributed by atoms with E-state index >= 15 is 0 Å². The van der Waals surface area contributed by atoms with Crippen LogP contribution in [-0.4, -0.2) is 9.13 Å². The second-order valence-electron chi connectivity index (χ2n) is 5.31. The SMILES string of the molecule is Cn1c(=O)n(C)c2cc(C(Cl)Cc3ccccc3)ccc21. The van der Waals surface area contributed by atoms with Gasteiger partial charge in [-0.05, 0) is 29.7 Å². The van der Waals surface area contributed by atoms with E-state index in [1.54, 1.807) is 23.2 Å². The smallest absolute Gasteiger partial charge is 0.295 e. The summed E-state index contributed by atoms with van der Waals surface area (Å²) in [6, 6.07) is 16.2. The van der Waals surface area contributed by atoms with Crippen LogP contribution in [0.4, 0.5) is 0 Å². The van der Waals surface area contributed by atoms with E-state index in [2.05, 4.69) is 12.1 Å². The number of rotatable bonds is 3. The Bertz CT molecular complexity index is 833. The van der Waals surface area contributed by atoms with Crippen LogP contribution in [0.3, 0.4) is 0 Å². The molecule has 0 saturated heterocycles. The van der Waals surface area contributed by atoms with Crippen molar-refractivity contribution in [3.8, 4) is 0 Å². The Morgan fingerprint density at radius 1 is 1.00 bits per heavy atom. The molecule has 0 amide bonds. The van der Waals surface area contributed by atoms with Crippen molar-refractivity contribution in [1.29, 1.82) is 0 Å². The van der Waals surface area contributed by atoms with Gasteiger partial charge in [0.15, 0.2) is 0 Å². The molecule has 0 bridgehead atoms. The molecular weight excluding hydrogens is 284 g/mol. The molecule has 0 N–H and O–H groups in total. The number of nitrogens with zero attached hydrogens (tertiary/aromatic N) is 2. The maximum absolute atomic E-state index is 12.0. The number of aryl methyl sites for hydroxylation is 2. The van der Waals surface area contributed by atoms with Gasteiger partial charge in [-0.15, -0.1) is 11.6 Å². The maximum atomic E-state index is 12.0. The van der Waals surface area contributed by atoms with Crippen molar-refractivity contribution < 1.29 is 0 Å². The number of fused-ring (bicyclic) bond motifs is 1. The van der Waals surface area contributed by atoms with Crippen LogP contribution in [0.2, 0.25) is 0 Å². The fourth-order valence-electron chi connectivity index (χ4n) is 2.66. The van der Waals surface area contributed by atoms with Crippen molar-refractivity contribution in [2.75, 3.05) is 0 Å². The van der Waals surface area contributed by atoms with Crippen LogP contribution in [0.25, 0.3) is 11.0 Å². The Balaban J connectivity index is 1.97. The summed E-state index contributed by atoms with van der Waals surface area (Å²) in [7, 11) is 3.57. The van der Waals surface area contributed by atoms with Crippen molar-refractivity contribution in [3.05, 3.63) is 70.1 Å². The van der Waals surface area contributed by atoms with E-state index in [1.165, 1.54) is 5.56 Å². The maximum Gasteiger partial charge on any atom is 0.328 e. The molecule has 0 fully saturated rings. The highest BCUT2D eigenvalue weighted by Gasteiger charge is 2.13. The predicted molar refractivity (Wildman–Crippen MR) is 86.9 cm³/mol. The van der Waals surface area contributed by atoms with Crippen molar-refractivity contribution in [1.82, 2.24) is 9.13 Å². The number of imidazole rings is 1. The van der Waals surface area contributed by atoms with Crippen molar-refractivity contribution in [2.45, 2.75) is 11.8 Å². The molecule has 0 aliphatic carbocycles. The van der Waals surface area contributed by atoms with Gasteiger partial charge in [0.25, 0.3) is 0 Å². The summed E-state index contributed by atoms with van der Waals surface area (Å²) in [6.45, 7) is 0. The van der Waals surface area contributed by atoms with Crippen LogP contribution in [0.15, 0.2) is 53.3 Å². The Hall–Kier alpha value is -2.00. The summed E-state index contributed by atoms with van der Waals surface area (Å²) >= 11 is 6.55. The number of aromatic nitrogens is 2. The Kier molecular flexibility index (Phi) is 3.60. The summed E-state index contributed by atoms with van der Waals surface area (Å²) in [6.07, 6.45) is 0.773. The number of alkyl halides is 1. The van der Waals surface area contributed by atoms with E-state index in [1.807, 2.05) is 36.4 Å². The van der Waals surface area contributed by atoms with Crippen molar-refractivity contribution >= 4 is 22.6 Å². The Morgan fingerprint density at radius 3 is 2.38 bits per heavy atom. The highest BCUT2D eigenvalue weighted by atomic mass is 35.5. The third-order valence-corrected chi connectivity index (χ3v) is 4.32. The fourth-order valence-corrected chi connectivity index (χ4v) is 2.97. The lowest BCUT2D eigenvalue weighted by atomic mass is 10.0. The van der Waals surface area contributed by atoms with Crippen molar-refractivity contribution in [3.63, 3.8) is 0 Å². The standard InChI is InChI=1S/C17H17ClN2O/c1-19-15-9-8-13(11-16(15)20(2)17(19)21)14(18)10-12-6-4-3-5-7-12/h3-9,11,14H,10H2,1-2H3. The van der Waals surface area contributed by atoms with Crippen molar-refractivity contribution in [2.24, 2.45) is 14.1 Å². The van der Waals surface area contributed by atoms with E-state index in [0.29, 0.717) is 0 Å². The number of hydrogen-bond acceptors (Lipinski definition) is 1. The topological polar surface area (TPSA) is 26.9 Å². The van der Waals surface area contributed by atoms with E-state index in [-0.39, 0.29) is 11.1 Å². The second kappa shape index (κ2) is 5.41. The minimum absolute atomic E-state index is 0.0173. The molecule has 1 atom stereocenters. The van der Waals surface area contributed by atoms with Crippen LogP contribution < -0.4 is 5.69 Å². The molecule has 0 spiro atoms. The molecule has 1 unspecified atom stereocenters. The molecule has 3 nitrogen and oxygen atoms in total. The Morgan fingerprint density at radius 2 is 1.67 bits per heavy atom. The van der Waals surface area contributed by atoms with E-state index in [0.717, 1.165) is 23.0 Å². The third-order valence-electron chi connectivity index (χ3n) is 3.92. The summed E-state index contributed by atoms with van der Waals surface area (Å²) in [5, 5.41) is -0.105. The summed E-state index contributed by atoms with van der Waals surface area (Å²) in [5.41, 5.74) is 4.07.